The maximum Gasteiger partial charge on any atom is 0.310 e. The smallest absolute Gasteiger partial charge is 0.310 e. The van der Waals surface area contributed by atoms with Gasteiger partial charge >= 0.3 is 5.97 Å². The summed E-state index contributed by atoms with van der Waals surface area (Å²) in [6.07, 6.45) is 2.09. The minimum Gasteiger partial charge on any atom is -0.460 e. The lowest BCUT2D eigenvalue weighted by molar-refractivity contribution is -0.159. The van der Waals surface area contributed by atoms with Crippen LogP contribution in [0.15, 0.2) is 41.8 Å². The van der Waals surface area contributed by atoms with Gasteiger partial charge in [-0.3, -0.25) is 9.59 Å². The minimum atomic E-state index is -0.494. The molecule has 0 radical (unpaired) electrons. The molecule has 0 N–H and O–H groups in total. The van der Waals surface area contributed by atoms with Crippen LogP contribution in [0, 0.1) is 5.92 Å². The Labute approximate surface area is 141 Å². The van der Waals surface area contributed by atoms with Crippen LogP contribution in [0.1, 0.15) is 41.6 Å². The van der Waals surface area contributed by atoms with Crippen molar-refractivity contribution in [2.24, 2.45) is 5.92 Å². The van der Waals surface area contributed by atoms with Crippen molar-refractivity contribution in [3.05, 3.63) is 57.8 Å². The zero-order valence-electron chi connectivity index (χ0n) is 13.7. The molecule has 23 heavy (non-hydrogen) atoms. The van der Waals surface area contributed by atoms with Crippen LogP contribution < -0.4 is 0 Å². The van der Waals surface area contributed by atoms with E-state index in [1.807, 2.05) is 50.4 Å². The second-order valence-electron chi connectivity index (χ2n) is 6.58. The van der Waals surface area contributed by atoms with Gasteiger partial charge in [-0.05, 0) is 50.6 Å². The molecule has 2 aromatic rings. The van der Waals surface area contributed by atoms with E-state index in [-0.39, 0.29) is 11.9 Å². The average Bonchev–Trinajstić information content (AvgIpc) is 2.98. The monoisotopic (exact) mass is 330 g/mol. The molecular formula is C19H22O3S. The Kier molecular flexibility index (Phi) is 5.72. The molecule has 0 aliphatic carbocycles. The van der Waals surface area contributed by atoms with Crippen LogP contribution in [0.25, 0.3) is 0 Å². The van der Waals surface area contributed by atoms with Crippen molar-refractivity contribution in [3.63, 3.8) is 0 Å². The maximum absolute atomic E-state index is 12.5. The summed E-state index contributed by atoms with van der Waals surface area (Å²) in [5, 5.41) is 2.01. The first-order valence-electron chi connectivity index (χ1n) is 7.67. The number of esters is 1. The summed E-state index contributed by atoms with van der Waals surface area (Å²) >= 11 is 1.65. The number of hydrogen-bond acceptors (Lipinski definition) is 4. The fourth-order valence-electron chi connectivity index (χ4n) is 2.31. The molecule has 0 saturated carbocycles. The molecule has 0 amide bonds. The molecule has 0 fully saturated rings. The summed E-state index contributed by atoms with van der Waals surface area (Å²) in [6, 6.07) is 11.4. The van der Waals surface area contributed by atoms with E-state index >= 15 is 0 Å². The maximum atomic E-state index is 12.5. The standard InChI is InChI=1S/C19H22O3S/c1-19(2,3)22-18(21)16(12-17-5-4-10-23-17)11-14-6-8-15(13-20)9-7-14/h4-10,13,16H,11-12H2,1-3H3/t16-/m0/s1. The van der Waals surface area contributed by atoms with Crippen molar-refractivity contribution in [1.29, 1.82) is 0 Å². The summed E-state index contributed by atoms with van der Waals surface area (Å²) in [5.74, 6) is -0.402. The molecule has 0 aliphatic heterocycles. The summed E-state index contributed by atoms with van der Waals surface area (Å²) in [5.41, 5.74) is 1.18. The molecule has 3 nitrogen and oxygen atoms in total. The van der Waals surface area contributed by atoms with E-state index in [1.165, 1.54) is 4.88 Å². The molecule has 122 valence electrons. The Hall–Kier alpha value is -1.94. The van der Waals surface area contributed by atoms with Crippen LogP contribution in [0.4, 0.5) is 0 Å². The molecule has 0 unspecified atom stereocenters. The lowest BCUT2D eigenvalue weighted by atomic mass is 9.94. The van der Waals surface area contributed by atoms with Gasteiger partial charge < -0.3 is 4.74 Å². The van der Waals surface area contributed by atoms with E-state index in [0.29, 0.717) is 18.4 Å². The fourth-order valence-corrected chi connectivity index (χ4v) is 3.10. The Bertz CT molecular complexity index is 636. The number of benzene rings is 1. The van der Waals surface area contributed by atoms with Crippen molar-refractivity contribution in [1.82, 2.24) is 0 Å². The summed E-state index contributed by atoms with van der Waals surface area (Å²) in [7, 11) is 0. The first-order chi connectivity index (χ1) is 10.9. The SMILES string of the molecule is CC(C)(C)OC(=O)[C@@H](Cc1ccc(C=O)cc1)Cc1cccs1. The van der Waals surface area contributed by atoms with E-state index in [9.17, 15) is 9.59 Å². The van der Waals surface area contributed by atoms with Crippen LogP contribution >= 0.6 is 11.3 Å². The summed E-state index contributed by atoms with van der Waals surface area (Å²) in [6.45, 7) is 5.64. The van der Waals surface area contributed by atoms with Gasteiger partial charge in [0, 0.05) is 10.4 Å². The molecular weight excluding hydrogens is 308 g/mol. The predicted molar refractivity (Wildman–Crippen MR) is 92.9 cm³/mol. The van der Waals surface area contributed by atoms with Crippen LogP contribution in [-0.4, -0.2) is 17.9 Å². The number of thiophene rings is 1. The van der Waals surface area contributed by atoms with Gasteiger partial charge in [0.15, 0.2) is 0 Å². The second kappa shape index (κ2) is 7.55. The highest BCUT2D eigenvalue weighted by atomic mass is 32.1. The molecule has 0 bridgehead atoms. The second-order valence-corrected chi connectivity index (χ2v) is 7.61. The number of aldehydes is 1. The van der Waals surface area contributed by atoms with Gasteiger partial charge in [0.05, 0.1) is 5.92 Å². The number of ether oxygens (including phenoxy) is 1. The van der Waals surface area contributed by atoms with Crippen molar-refractivity contribution in [2.75, 3.05) is 0 Å². The van der Waals surface area contributed by atoms with Crippen LogP contribution in [0.3, 0.4) is 0 Å². The normalized spacial score (nSPS) is 12.7. The van der Waals surface area contributed by atoms with Gasteiger partial charge in [-0.2, -0.15) is 0 Å². The Morgan fingerprint density at radius 1 is 1.17 bits per heavy atom. The van der Waals surface area contributed by atoms with Gasteiger partial charge in [0.2, 0.25) is 0 Å². The highest BCUT2D eigenvalue weighted by Crippen LogP contribution is 2.22. The van der Waals surface area contributed by atoms with E-state index in [4.69, 9.17) is 4.74 Å². The number of carbonyl (C=O) groups excluding carboxylic acids is 2. The highest BCUT2D eigenvalue weighted by Gasteiger charge is 2.26. The average molecular weight is 330 g/mol. The molecule has 0 saturated heterocycles. The predicted octanol–water partition coefficient (Wildman–Crippen LogP) is 4.30. The molecule has 0 aliphatic rings. The molecule has 1 aromatic heterocycles. The summed E-state index contributed by atoms with van der Waals surface area (Å²) < 4.78 is 5.58. The minimum absolute atomic E-state index is 0.176. The zero-order chi connectivity index (χ0) is 16.9. The van der Waals surface area contributed by atoms with E-state index in [2.05, 4.69) is 0 Å². The van der Waals surface area contributed by atoms with Gasteiger partial charge in [-0.25, -0.2) is 0 Å². The molecule has 1 atom stereocenters. The third kappa shape index (κ3) is 5.64. The third-order valence-corrected chi connectivity index (χ3v) is 4.26. The van der Waals surface area contributed by atoms with Gasteiger partial charge in [-0.15, -0.1) is 11.3 Å². The number of hydrogen-bond donors (Lipinski definition) is 0. The lowest BCUT2D eigenvalue weighted by Gasteiger charge is -2.24. The quantitative estimate of drug-likeness (QED) is 0.586. The molecule has 1 aromatic carbocycles. The number of carbonyl (C=O) groups is 2. The van der Waals surface area contributed by atoms with Gasteiger partial charge in [0.25, 0.3) is 0 Å². The van der Waals surface area contributed by atoms with Crippen molar-refractivity contribution in [3.8, 4) is 0 Å². The largest absolute Gasteiger partial charge is 0.460 e. The molecule has 2 rings (SSSR count). The van der Waals surface area contributed by atoms with Crippen LogP contribution in [-0.2, 0) is 22.4 Å². The Morgan fingerprint density at radius 3 is 2.39 bits per heavy atom. The van der Waals surface area contributed by atoms with Crippen molar-refractivity contribution >= 4 is 23.6 Å². The van der Waals surface area contributed by atoms with E-state index < -0.39 is 5.60 Å². The van der Waals surface area contributed by atoms with Crippen molar-refractivity contribution < 1.29 is 14.3 Å². The first-order valence-corrected chi connectivity index (χ1v) is 8.55. The highest BCUT2D eigenvalue weighted by molar-refractivity contribution is 7.09. The summed E-state index contributed by atoms with van der Waals surface area (Å²) in [4.78, 5) is 24.5. The fraction of sp³-hybridized carbons (Fsp3) is 0.368. The van der Waals surface area contributed by atoms with Crippen LogP contribution in [0.2, 0.25) is 0 Å². The molecule has 0 spiro atoms. The van der Waals surface area contributed by atoms with Crippen LogP contribution in [0.5, 0.6) is 0 Å². The van der Waals surface area contributed by atoms with Gasteiger partial charge in [0.1, 0.15) is 11.9 Å². The third-order valence-electron chi connectivity index (χ3n) is 3.37. The topological polar surface area (TPSA) is 43.4 Å². The van der Waals surface area contributed by atoms with Crippen molar-refractivity contribution in [2.45, 2.75) is 39.2 Å². The zero-order valence-corrected chi connectivity index (χ0v) is 14.6. The number of rotatable bonds is 6. The van der Waals surface area contributed by atoms with Gasteiger partial charge in [-0.1, -0.05) is 30.3 Å². The Balaban J connectivity index is 2.14. The van der Waals surface area contributed by atoms with E-state index in [0.717, 1.165) is 11.8 Å². The molecule has 1 heterocycles. The first kappa shape index (κ1) is 17.4. The molecule has 4 heteroatoms. The Morgan fingerprint density at radius 2 is 1.87 bits per heavy atom. The van der Waals surface area contributed by atoms with E-state index in [1.54, 1.807) is 23.5 Å². The lowest BCUT2D eigenvalue weighted by Crippen LogP contribution is -2.30.